The summed E-state index contributed by atoms with van der Waals surface area (Å²) in [6, 6.07) is 3.15. The Hall–Kier alpha value is -0.600. The molecule has 1 nitrogen and oxygen atoms in total. The molecule has 64 valence electrons. The van der Waals surface area contributed by atoms with Gasteiger partial charge in [0, 0.05) is 6.04 Å². The van der Waals surface area contributed by atoms with Gasteiger partial charge in [0.05, 0.1) is 5.02 Å². The first-order chi connectivity index (χ1) is 5.70. The highest BCUT2D eigenvalue weighted by molar-refractivity contribution is 6.31. The number of benzene rings is 1. The van der Waals surface area contributed by atoms with Gasteiger partial charge in [0.25, 0.3) is 0 Å². The largest absolute Gasteiger partial charge is 0.324 e. The zero-order valence-electron chi connectivity index (χ0n) is 6.48. The highest BCUT2D eigenvalue weighted by Crippen LogP contribution is 2.35. The number of hydrogen-bond acceptors (Lipinski definition) is 1. The van der Waals surface area contributed by atoms with E-state index < -0.39 is 0 Å². The molecule has 0 heterocycles. The van der Waals surface area contributed by atoms with Gasteiger partial charge in [-0.2, -0.15) is 0 Å². The number of hydrogen-bond donors (Lipinski definition) is 1. The molecular formula is C9H9ClFN. The molecule has 0 saturated heterocycles. The van der Waals surface area contributed by atoms with Gasteiger partial charge in [-0.25, -0.2) is 4.39 Å². The molecule has 0 amide bonds. The summed E-state index contributed by atoms with van der Waals surface area (Å²) in [5.41, 5.74) is 7.68. The third-order valence-electron chi connectivity index (χ3n) is 2.34. The Kier molecular flexibility index (Phi) is 1.81. The standard InChI is InChI=1S/C9H9ClFN/c10-9-6-2-4-8(12)5(6)1-3-7(9)11/h1,3,8H,2,4,12H2/t8-/m1/s1. The van der Waals surface area contributed by atoms with Crippen molar-refractivity contribution in [3.8, 4) is 0 Å². The quantitative estimate of drug-likeness (QED) is 0.660. The maximum atomic E-state index is 12.9. The van der Waals surface area contributed by atoms with Crippen LogP contribution in [-0.2, 0) is 6.42 Å². The molecule has 0 bridgehead atoms. The molecule has 1 aromatic carbocycles. The molecule has 0 saturated carbocycles. The van der Waals surface area contributed by atoms with Crippen LogP contribution in [0.4, 0.5) is 4.39 Å². The maximum absolute atomic E-state index is 12.9. The SMILES string of the molecule is N[C@@H]1CCc2c1ccc(F)c2Cl. The first kappa shape index (κ1) is 8.02. The summed E-state index contributed by atoms with van der Waals surface area (Å²) in [4.78, 5) is 0. The van der Waals surface area contributed by atoms with Crippen LogP contribution in [0.1, 0.15) is 23.6 Å². The predicted molar refractivity (Wildman–Crippen MR) is 46.7 cm³/mol. The smallest absolute Gasteiger partial charge is 0.142 e. The summed E-state index contributed by atoms with van der Waals surface area (Å²) in [5, 5.41) is 0.250. The molecule has 1 aliphatic rings. The van der Waals surface area contributed by atoms with Gasteiger partial charge in [0.1, 0.15) is 5.82 Å². The molecule has 0 radical (unpaired) electrons. The lowest BCUT2D eigenvalue weighted by atomic mass is 10.1. The van der Waals surface area contributed by atoms with Crippen LogP contribution in [0.25, 0.3) is 0 Å². The van der Waals surface area contributed by atoms with Crippen molar-refractivity contribution in [3.63, 3.8) is 0 Å². The van der Waals surface area contributed by atoms with E-state index in [-0.39, 0.29) is 16.9 Å². The minimum absolute atomic E-state index is 0.0399. The number of halogens is 2. The summed E-state index contributed by atoms with van der Waals surface area (Å²) in [6.45, 7) is 0. The molecular weight excluding hydrogens is 177 g/mol. The number of fused-ring (bicyclic) bond motifs is 1. The van der Waals surface area contributed by atoms with Crippen molar-refractivity contribution in [1.82, 2.24) is 0 Å². The predicted octanol–water partition coefficient (Wildman–Crippen LogP) is 2.43. The van der Waals surface area contributed by atoms with E-state index in [1.165, 1.54) is 6.07 Å². The van der Waals surface area contributed by atoms with E-state index in [4.69, 9.17) is 17.3 Å². The van der Waals surface area contributed by atoms with Crippen LogP contribution in [0.2, 0.25) is 5.02 Å². The topological polar surface area (TPSA) is 26.0 Å². The lowest BCUT2D eigenvalue weighted by Gasteiger charge is -2.05. The van der Waals surface area contributed by atoms with Gasteiger partial charge in [-0.1, -0.05) is 17.7 Å². The van der Waals surface area contributed by atoms with Crippen molar-refractivity contribution in [1.29, 1.82) is 0 Å². The normalized spacial score (nSPS) is 21.1. The zero-order valence-corrected chi connectivity index (χ0v) is 7.24. The van der Waals surface area contributed by atoms with Gasteiger partial charge in [-0.15, -0.1) is 0 Å². The molecule has 0 fully saturated rings. The van der Waals surface area contributed by atoms with Crippen LogP contribution in [0.5, 0.6) is 0 Å². The maximum Gasteiger partial charge on any atom is 0.142 e. The van der Waals surface area contributed by atoms with Crippen molar-refractivity contribution in [2.45, 2.75) is 18.9 Å². The molecule has 1 aromatic rings. The first-order valence-electron chi connectivity index (χ1n) is 3.92. The fourth-order valence-corrected chi connectivity index (χ4v) is 1.93. The van der Waals surface area contributed by atoms with Crippen molar-refractivity contribution in [2.24, 2.45) is 5.73 Å². The number of nitrogens with two attached hydrogens (primary N) is 1. The van der Waals surface area contributed by atoms with Gasteiger partial charge in [-0.3, -0.25) is 0 Å². The van der Waals surface area contributed by atoms with Gasteiger partial charge in [0.15, 0.2) is 0 Å². The Balaban J connectivity index is 2.60. The van der Waals surface area contributed by atoms with Crippen molar-refractivity contribution >= 4 is 11.6 Å². The van der Waals surface area contributed by atoms with Crippen LogP contribution in [0.3, 0.4) is 0 Å². The van der Waals surface area contributed by atoms with E-state index >= 15 is 0 Å². The molecule has 12 heavy (non-hydrogen) atoms. The van der Waals surface area contributed by atoms with Crippen LogP contribution >= 0.6 is 11.6 Å². The van der Waals surface area contributed by atoms with E-state index in [1.807, 2.05) is 0 Å². The summed E-state index contributed by atoms with van der Waals surface area (Å²) in [6.07, 6.45) is 1.67. The summed E-state index contributed by atoms with van der Waals surface area (Å²) >= 11 is 5.77. The molecule has 1 aliphatic carbocycles. The second kappa shape index (κ2) is 2.71. The number of rotatable bonds is 0. The molecule has 0 aliphatic heterocycles. The molecule has 0 aromatic heterocycles. The Morgan fingerprint density at radius 1 is 1.50 bits per heavy atom. The van der Waals surface area contributed by atoms with Crippen LogP contribution in [0, 0.1) is 5.82 Å². The van der Waals surface area contributed by atoms with Gasteiger partial charge in [0.2, 0.25) is 0 Å². The molecule has 0 spiro atoms. The lowest BCUT2D eigenvalue weighted by molar-refractivity contribution is 0.626. The Labute approximate surface area is 75.3 Å². The average Bonchev–Trinajstić information content (AvgIpc) is 2.41. The van der Waals surface area contributed by atoms with Crippen LogP contribution < -0.4 is 5.73 Å². The summed E-state index contributed by atoms with van der Waals surface area (Å²) in [7, 11) is 0. The van der Waals surface area contributed by atoms with E-state index in [0.717, 1.165) is 24.0 Å². The zero-order chi connectivity index (χ0) is 8.72. The van der Waals surface area contributed by atoms with Gasteiger partial charge < -0.3 is 5.73 Å². The molecule has 0 unspecified atom stereocenters. The lowest BCUT2D eigenvalue weighted by Crippen LogP contribution is -2.05. The second-order valence-electron chi connectivity index (χ2n) is 3.07. The van der Waals surface area contributed by atoms with Gasteiger partial charge in [-0.05, 0) is 30.0 Å². The Bertz CT molecular complexity index is 325. The van der Waals surface area contributed by atoms with Crippen LogP contribution in [-0.4, -0.2) is 0 Å². The van der Waals surface area contributed by atoms with E-state index in [0.29, 0.717) is 0 Å². The van der Waals surface area contributed by atoms with Crippen LogP contribution in [0.15, 0.2) is 12.1 Å². The fourth-order valence-electron chi connectivity index (χ4n) is 1.66. The highest BCUT2D eigenvalue weighted by atomic mass is 35.5. The third kappa shape index (κ3) is 1.03. The first-order valence-corrected chi connectivity index (χ1v) is 4.30. The molecule has 3 heteroatoms. The Morgan fingerprint density at radius 3 is 3.00 bits per heavy atom. The van der Waals surface area contributed by atoms with Crippen molar-refractivity contribution in [3.05, 3.63) is 34.1 Å². The molecule has 2 N–H and O–H groups in total. The van der Waals surface area contributed by atoms with E-state index in [2.05, 4.69) is 0 Å². The average molecular weight is 186 g/mol. The Morgan fingerprint density at radius 2 is 2.25 bits per heavy atom. The second-order valence-corrected chi connectivity index (χ2v) is 3.45. The molecule has 1 atom stereocenters. The fraction of sp³-hybridized carbons (Fsp3) is 0.333. The summed E-state index contributed by atoms with van der Waals surface area (Å²) in [5.74, 6) is -0.343. The minimum Gasteiger partial charge on any atom is -0.324 e. The van der Waals surface area contributed by atoms with E-state index in [9.17, 15) is 4.39 Å². The third-order valence-corrected chi connectivity index (χ3v) is 2.75. The molecule has 2 rings (SSSR count). The summed E-state index contributed by atoms with van der Waals surface area (Å²) < 4.78 is 12.9. The van der Waals surface area contributed by atoms with E-state index in [1.54, 1.807) is 6.07 Å². The van der Waals surface area contributed by atoms with Crippen molar-refractivity contribution in [2.75, 3.05) is 0 Å². The minimum atomic E-state index is -0.343. The van der Waals surface area contributed by atoms with Gasteiger partial charge >= 0.3 is 0 Å². The van der Waals surface area contributed by atoms with Crippen molar-refractivity contribution < 1.29 is 4.39 Å². The highest BCUT2D eigenvalue weighted by Gasteiger charge is 2.22. The monoisotopic (exact) mass is 185 g/mol.